The van der Waals surface area contributed by atoms with E-state index in [-0.39, 0.29) is 0 Å². The molecule has 0 saturated heterocycles. The van der Waals surface area contributed by atoms with E-state index in [2.05, 4.69) is 19.2 Å². The Morgan fingerprint density at radius 1 is 0.320 bits per heavy atom. The van der Waals surface area contributed by atoms with Crippen LogP contribution in [0, 0.1) is 0 Å². The van der Waals surface area contributed by atoms with Crippen LogP contribution < -0.4 is 5.32 Å². The fourth-order valence-corrected chi connectivity index (χ4v) is 3.60. The maximum absolute atomic E-state index is 3.64. The second-order valence-corrected chi connectivity index (χ2v) is 8.11. The van der Waals surface area contributed by atoms with Crippen LogP contribution in [0.1, 0.15) is 142 Å². The van der Waals surface area contributed by atoms with Crippen LogP contribution in [0.15, 0.2) is 0 Å². The van der Waals surface area contributed by atoms with Crippen molar-refractivity contribution < 1.29 is 0 Å². The molecule has 0 amide bonds. The monoisotopic (exact) mass is 353 g/mol. The van der Waals surface area contributed by atoms with Gasteiger partial charge in [0.1, 0.15) is 0 Å². The third-order valence-corrected chi connectivity index (χ3v) is 5.41. The summed E-state index contributed by atoms with van der Waals surface area (Å²) >= 11 is 0. The molecule has 0 heterocycles. The summed E-state index contributed by atoms with van der Waals surface area (Å²) in [5, 5.41) is 3.64. The van der Waals surface area contributed by atoms with Gasteiger partial charge in [0, 0.05) is 0 Å². The molecular formula is C24H51N. The molecule has 1 N–H and O–H groups in total. The van der Waals surface area contributed by atoms with Crippen molar-refractivity contribution in [3.63, 3.8) is 0 Å². The Morgan fingerprint density at radius 2 is 0.560 bits per heavy atom. The molecule has 0 aliphatic rings. The second kappa shape index (κ2) is 24.0. The Balaban J connectivity index is 2.94. The van der Waals surface area contributed by atoms with E-state index in [4.69, 9.17) is 0 Å². The van der Waals surface area contributed by atoms with E-state index < -0.39 is 0 Å². The average Bonchev–Trinajstić information content (AvgIpc) is 2.63. The molecule has 0 aliphatic heterocycles. The molecule has 1 heteroatoms. The Bertz CT molecular complexity index is 192. The van der Waals surface area contributed by atoms with E-state index in [1.165, 1.54) is 142 Å². The molecule has 0 rings (SSSR count). The first-order valence-corrected chi connectivity index (χ1v) is 12.1. The zero-order valence-corrected chi connectivity index (χ0v) is 18.1. The van der Waals surface area contributed by atoms with Crippen molar-refractivity contribution in [1.29, 1.82) is 0 Å². The molecule has 1 nitrogen and oxygen atoms in total. The Morgan fingerprint density at radius 3 is 0.840 bits per heavy atom. The van der Waals surface area contributed by atoms with Gasteiger partial charge >= 0.3 is 0 Å². The minimum atomic E-state index is 1.24. The number of nitrogens with one attached hydrogen (secondary N) is 1. The highest BCUT2D eigenvalue weighted by Gasteiger charge is 1.94. The summed E-state index contributed by atoms with van der Waals surface area (Å²) in [6.45, 7) is 7.08. The summed E-state index contributed by atoms with van der Waals surface area (Å²) in [6.07, 6.45) is 28.8. The summed E-state index contributed by atoms with van der Waals surface area (Å²) in [6, 6.07) is 0. The first kappa shape index (κ1) is 25.0. The van der Waals surface area contributed by atoms with E-state index in [0.29, 0.717) is 0 Å². The van der Waals surface area contributed by atoms with Crippen molar-refractivity contribution >= 4 is 0 Å². The fraction of sp³-hybridized carbons (Fsp3) is 1.00. The fourth-order valence-electron chi connectivity index (χ4n) is 3.60. The summed E-state index contributed by atoms with van der Waals surface area (Å²) in [4.78, 5) is 0. The van der Waals surface area contributed by atoms with Crippen molar-refractivity contribution in [2.24, 2.45) is 0 Å². The minimum Gasteiger partial charge on any atom is -0.317 e. The lowest BCUT2D eigenvalue weighted by molar-refractivity contribution is 0.525. The van der Waals surface area contributed by atoms with Crippen LogP contribution in [-0.4, -0.2) is 13.1 Å². The molecule has 0 aromatic heterocycles. The molecule has 0 spiro atoms. The molecule has 0 aliphatic carbocycles. The van der Waals surface area contributed by atoms with Gasteiger partial charge in [0.2, 0.25) is 0 Å². The molecule has 152 valence electrons. The zero-order chi connectivity index (χ0) is 18.3. The number of hydrogen-bond donors (Lipinski definition) is 1. The van der Waals surface area contributed by atoms with Crippen LogP contribution >= 0.6 is 0 Å². The molecule has 0 aromatic carbocycles. The summed E-state index contributed by atoms with van der Waals surface area (Å²) in [7, 11) is 0. The van der Waals surface area contributed by atoms with E-state index in [9.17, 15) is 0 Å². The second-order valence-electron chi connectivity index (χ2n) is 8.11. The van der Waals surface area contributed by atoms with E-state index >= 15 is 0 Å². The van der Waals surface area contributed by atoms with Crippen LogP contribution in [0.25, 0.3) is 0 Å². The van der Waals surface area contributed by atoms with Crippen LogP contribution in [0.4, 0.5) is 0 Å². The molecule has 25 heavy (non-hydrogen) atoms. The molecular weight excluding hydrogens is 302 g/mol. The van der Waals surface area contributed by atoms with Gasteiger partial charge in [-0.25, -0.2) is 0 Å². The lowest BCUT2D eigenvalue weighted by Gasteiger charge is -2.05. The Hall–Kier alpha value is -0.0400. The van der Waals surface area contributed by atoms with E-state index in [1.807, 2.05) is 0 Å². The summed E-state index contributed by atoms with van der Waals surface area (Å²) in [5.74, 6) is 0. The van der Waals surface area contributed by atoms with Gasteiger partial charge in [-0.3, -0.25) is 0 Å². The van der Waals surface area contributed by atoms with Crippen LogP contribution in [0.2, 0.25) is 0 Å². The first-order valence-electron chi connectivity index (χ1n) is 12.1. The summed E-state index contributed by atoms with van der Waals surface area (Å²) < 4.78 is 0. The predicted octanol–water partition coefficient (Wildman–Crippen LogP) is 8.42. The quantitative estimate of drug-likeness (QED) is 0.193. The van der Waals surface area contributed by atoms with Crippen molar-refractivity contribution in [1.82, 2.24) is 5.32 Å². The highest BCUT2D eigenvalue weighted by molar-refractivity contribution is 4.53. The SMILES string of the molecule is CCCCCCCCCCCCNCCCCCCCCCCCC. The van der Waals surface area contributed by atoms with Gasteiger partial charge in [-0.1, -0.05) is 129 Å². The summed E-state index contributed by atoms with van der Waals surface area (Å²) in [5.41, 5.74) is 0. The van der Waals surface area contributed by atoms with Gasteiger partial charge in [0.25, 0.3) is 0 Å². The lowest BCUT2D eigenvalue weighted by atomic mass is 10.1. The molecule has 0 aromatic rings. The lowest BCUT2D eigenvalue weighted by Crippen LogP contribution is -2.16. The van der Waals surface area contributed by atoms with Gasteiger partial charge in [0.15, 0.2) is 0 Å². The van der Waals surface area contributed by atoms with Crippen molar-refractivity contribution in [2.45, 2.75) is 142 Å². The third-order valence-electron chi connectivity index (χ3n) is 5.41. The topological polar surface area (TPSA) is 12.0 Å². The number of hydrogen-bond acceptors (Lipinski definition) is 1. The Labute approximate surface area is 161 Å². The van der Waals surface area contributed by atoms with Gasteiger partial charge < -0.3 is 5.32 Å². The maximum atomic E-state index is 3.64. The normalized spacial score (nSPS) is 11.3. The van der Waals surface area contributed by atoms with E-state index in [1.54, 1.807) is 0 Å². The van der Waals surface area contributed by atoms with Gasteiger partial charge in [-0.05, 0) is 25.9 Å². The van der Waals surface area contributed by atoms with Crippen LogP contribution in [-0.2, 0) is 0 Å². The van der Waals surface area contributed by atoms with Crippen LogP contribution in [0.3, 0.4) is 0 Å². The first-order chi connectivity index (χ1) is 12.4. The third kappa shape index (κ3) is 24.0. The maximum Gasteiger partial charge on any atom is -0.00489 e. The van der Waals surface area contributed by atoms with E-state index in [0.717, 1.165) is 0 Å². The average molecular weight is 354 g/mol. The van der Waals surface area contributed by atoms with Crippen molar-refractivity contribution in [3.8, 4) is 0 Å². The smallest absolute Gasteiger partial charge is 0.00489 e. The highest BCUT2D eigenvalue weighted by Crippen LogP contribution is 2.11. The standard InChI is InChI=1S/C24H51N/c1-3-5-7-9-11-13-15-17-19-21-23-25-24-22-20-18-16-14-12-10-8-6-4-2/h25H,3-24H2,1-2H3. The molecule has 0 fully saturated rings. The van der Waals surface area contributed by atoms with Gasteiger partial charge in [-0.2, -0.15) is 0 Å². The largest absolute Gasteiger partial charge is 0.317 e. The minimum absolute atomic E-state index is 1.24. The molecule has 0 atom stereocenters. The van der Waals surface area contributed by atoms with Crippen molar-refractivity contribution in [2.75, 3.05) is 13.1 Å². The van der Waals surface area contributed by atoms with Gasteiger partial charge in [-0.15, -0.1) is 0 Å². The van der Waals surface area contributed by atoms with Gasteiger partial charge in [0.05, 0.1) is 0 Å². The predicted molar refractivity (Wildman–Crippen MR) is 117 cm³/mol. The van der Waals surface area contributed by atoms with Crippen LogP contribution in [0.5, 0.6) is 0 Å². The number of rotatable bonds is 22. The molecule has 0 radical (unpaired) electrons. The molecule has 0 unspecified atom stereocenters. The highest BCUT2D eigenvalue weighted by atomic mass is 14.8. The number of unbranched alkanes of at least 4 members (excludes halogenated alkanes) is 18. The van der Waals surface area contributed by atoms with Crippen molar-refractivity contribution in [3.05, 3.63) is 0 Å². The molecule has 0 bridgehead atoms. The molecule has 0 saturated carbocycles. The zero-order valence-electron chi connectivity index (χ0n) is 18.1. The Kier molecular flexibility index (Phi) is 23.9.